The number of carbonyl (C=O) groups excluding carboxylic acids is 2. The Balaban J connectivity index is 1.54. The summed E-state index contributed by atoms with van der Waals surface area (Å²) in [5.74, 6) is 1.78. The summed E-state index contributed by atoms with van der Waals surface area (Å²) in [6, 6.07) is -0.0439. The van der Waals surface area contributed by atoms with Gasteiger partial charge in [0.05, 0.1) is 5.51 Å². The first kappa shape index (κ1) is 22.4. The molecule has 0 saturated carbocycles. The van der Waals surface area contributed by atoms with E-state index in [1.807, 2.05) is 4.90 Å². The third kappa shape index (κ3) is 4.55. The van der Waals surface area contributed by atoms with Gasteiger partial charge in [0, 0.05) is 51.1 Å². The normalized spacial score (nSPS) is 18.1. The number of anilines is 2. The number of aromatic nitrogens is 3. The molecule has 172 valence electrons. The van der Waals surface area contributed by atoms with E-state index in [4.69, 9.17) is 9.97 Å². The third-order valence-electron chi connectivity index (χ3n) is 6.25. The van der Waals surface area contributed by atoms with Gasteiger partial charge in [-0.25, -0.2) is 4.98 Å². The van der Waals surface area contributed by atoms with Crippen molar-refractivity contribution in [2.75, 3.05) is 43.4 Å². The van der Waals surface area contributed by atoms with Gasteiger partial charge in [0.15, 0.2) is 10.6 Å². The fraction of sp³-hybridized carbons (Fsp3) is 0.591. The van der Waals surface area contributed by atoms with E-state index in [0.717, 1.165) is 49.4 Å². The first-order valence-corrected chi connectivity index (χ1v) is 11.9. The molecule has 9 nitrogen and oxygen atoms in total. The Morgan fingerprint density at radius 2 is 2.09 bits per heavy atom. The number of amides is 2. The van der Waals surface area contributed by atoms with Gasteiger partial charge in [-0.15, -0.1) is 11.3 Å². The Hall–Kier alpha value is -2.75. The number of carbonyl (C=O) groups is 2. The number of nitrogens with zero attached hydrogens (tertiary/aromatic N) is 5. The second-order valence-corrected chi connectivity index (χ2v) is 10.1. The van der Waals surface area contributed by atoms with Gasteiger partial charge in [-0.2, -0.15) is 9.97 Å². The molecule has 1 spiro atoms. The van der Waals surface area contributed by atoms with Crippen LogP contribution in [0.2, 0.25) is 0 Å². The number of hydrogen-bond acceptors (Lipinski definition) is 8. The molecule has 32 heavy (non-hydrogen) atoms. The maximum absolute atomic E-state index is 12.1. The van der Waals surface area contributed by atoms with Crippen LogP contribution < -0.4 is 15.5 Å². The van der Waals surface area contributed by atoms with Crippen molar-refractivity contribution < 1.29 is 9.59 Å². The third-order valence-corrected chi connectivity index (χ3v) is 6.97. The van der Waals surface area contributed by atoms with Gasteiger partial charge in [0.2, 0.25) is 17.8 Å². The summed E-state index contributed by atoms with van der Waals surface area (Å²) >= 11 is 1.49. The van der Waals surface area contributed by atoms with Crippen LogP contribution in [0.5, 0.6) is 0 Å². The van der Waals surface area contributed by atoms with Crippen molar-refractivity contribution in [2.24, 2.45) is 11.3 Å². The molecule has 0 unspecified atom stereocenters. The van der Waals surface area contributed by atoms with E-state index < -0.39 is 0 Å². The molecule has 2 aliphatic rings. The second-order valence-electron chi connectivity index (χ2n) is 9.30. The SMILES string of the molecule is C=CC(=O)N1CC2(CCN(c3nc(N[C@H](CC(=O)NC)CC(C)C)c4ncsc4n3)C2)C1. The van der Waals surface area contributed by atoms with Crippen molar-refractivity contribution in [3.8, 4) is 0 Å². The van der Waals surface area contributed by atoms with Gasteiger partial charge in [-0.05, 0) is 24.8 Å². The van der Waals surface area contributed by atoms with E-state index in [1.165, 1.54) is 17.4 Å². The monoisotopic (exact) mass is 457 g/mol. The number of hydrogen-bond donors (Lipinski definition) is 2. The molecule has 2 fully saturated rings. The summed E-state index contributed by atoms with van der Waals surface area (Å²) in [5, 5.41) is 6.20. The lowest BCUT2D eigenvalue weighted by Gasteiger charge is -2.47. The molecule has 0 bridgehead atoms. The molecule has 4 rings (SSSR count). The first-order chi connectivity index (χ1) is 15.3. The highest BCUT2D eigenvalue weighted by Gasteiger charge is 2.49. The zero-order valence-corrected chi connectivity index (χ0v) is 19.7. The average Bonchev–Trinajstić information content (AvgIpc) is 3.38. The Morgan fingerprint density at radius 1 is 1.31 bits per heavy atom. The highest BCUT2D eigenvalue weighted by molar-refractivity contribution is 7.16. The number of rotatable bonds is 8. The minimum atomic E-state index is -0.0439. The summed E-state index contributed by atoms with van der Waals surface area (Å²) in [6.07, 6.45) is 3.61. The largest absolute Gasteiger partial charge is 0.365 e. The zero-order valence-electron chi connectivity index (χ0n) is 18.9. The lowest BCUT2D eigenvalue weighted by Crippen LogP contribution is -2.59. The van der Waals surface area contributed by atoms with E-state index in [0.29, 0.717) is 24.1 Å². The van der Waals surface area contributed by atoms with Crippen molar-refractivity contribution in [3.63, 3.8) is 0 Å². The summed E-state index contributed by atoms with van der Waals surface area (Å²) in [5.41, 5.74) is 2.63. The van der Waals surface area contributed by atoms with Crippen LogP contribution in [0.1, 0.15) is 33.1 Å². The van der Waals surface area contributed by atoms with Gasteiger partial charge < -0.3 is 20.4 Å². The van der Waals surface area contributed by atoms with Crippen molar-refractivity contribution in [1.29, 1.82) is 0 Å². The van der Waals surface area contributed by atoms with E-state index in [-0.39, 0.29) is 23.3 Å². The number of nitrogens with one attached hydrogen (secondary N) is 2. The van der Waals surface area contributed by atoms with Gasteiger partial charge in [0.1, 0.15) is 5.52 Å². The van der Waals surface area contributed by atoms with Crippen LogP contribution in [0.3, 0.4) is 0 Å². The zero-order chi connectivity index (χ0) is 22.9. The topological polar surface area (TPSA) is 103 Å². The fourth-order valence-corrected chi connectivity index (χ4v) is 5.34. The minimum Gasteiger partial charge on any atom is -0.365 e. The summed E-state index contributed by atoms with van der Waals surface area (Å²) in [7, 11) is 1.66. The minimum absolute atomic E-state index is 0.00274. The Bertz CT molecular complexity index is 1010. The van der Waals surface area contributed by atoms with Crippen LogP contribution in [-0.2, 0) is 9.59 Å². The summed E-state index contributed by atoms with van der Waals surface area (Å²) in [4.78, 5) is 42.9. The lowest BCUT2D eigenvalue weighted by atomic mass is 9.79. The molecular formula is C22H31N7O2S. The standard InChI is InChI=1S/C22H31N7O2S/c1-5-17(31)29-11-22(12-29)6-7-28(10-22)21-26-19(18-20(27-21)32-13-24-18)25-15(8-14(2)3)9-16(30)23-4/h5,13-15H,1,6-12H2,2-4H3,(H,23,30)(H,25,26,27)/t15-/m0/s1. The number of likely N-dealkylation sites (tertiary alicyclic amines) is 1. The van der Waals surface area contributed by atoms with Crippen LogP contribution in [0.4, 0.5) is 11.8 Å². The molecule has 2 aliphatic heterocycles. The fourth-order valence-electron chi connectivity index (χ4n) is 4.69. The van der Waals surface area contributed by atoms with Crippen LogP contribution in [0.15, 0.2) is 18.2 Å². The highest BCUT2D eigenvalue weighted by Crippen LogP contribution is 2.41. The smallest absolute Gasteiger partial charge is 0.245 e. The van der Waals surface area contributed by atoms with E-state index in [9.17, 15) is 9.59 Å². The van der Waals surface area contributed by atoms with Gasteiger partial charge >= 0.3 is 0 Å². The van der Waals surface area contributed by atoms with Crippen molar-refractivity contribution in [2.45, 2.75) is 39.2 Å². The summed E-state index contributed by atoms with van der Waals surface area (Å²) in [6.45, 7) is 11.1. The van der Waals surface area contributed by atoms with Crippen molar-refractivity contribution in [3.05, 3.63) is 18.2 Å². The van der Waals surface area contributed by atoms with Gasteiger partial charge in [0.25, 0.3) is 0 Å². The molecule has 0 aromatic carbocycles. The van der Waals surface area contributed by atoms with Crippen LogP contribution >= 0.6 is 11.3 Å². The predicted molar refractivity (Wildman–Crippen MR) is 127 cm³/mol. The highest BCUT2D eigenvalue weighted by atomic mass is 32.1. The van der Waals surface area contributed by atoms with Crippen molar-refractivity contribution >= 4 is 45.3 Å². The molecule has 2 saturated heterocycles. The summed E-state index contributed by atoms with van der Waals surface area (Å²) < 4.78 is 0. The molecular weight excluding hydrogens is 426 g/mol. The van der Waals surface area contributed by atoms with Crippen LogP contribution in [0.25, 0.3) is 10.3 Å². The van der Waals surface area contributed by atoms with Crippen LogP contribution in [0, 0.1) is 11.3 Å². The van der Waals surface area contributed by atoms with Gasteiger partial charge in [-0.1, -0.05) is 20.4 Å². The maximum atomic E-state index is 12.1. The molecule has 2 aromatic rings. The van der Waals surface area contributed by atoms with Gasteiger partial charge in [-0.3, -0.25) is 9.59 Å². The Morgan fingerprint density at radius 3 is 2.78 bits per heavy atom. The second kappa shape index (κ2) is 9.01. The number of fused-ring (bicyclic) bond motifs is 1. The van der Waals surface area contributed by atoms with Crippen molar-refractivity contribution in [1.82, 2.24) is 25.2 Å². The Labute approximate surface area is 192 Å². The molecule has 2 N–H and O–H groups in total. The van der Waals surface area contributed by atoms with E-state index >= 15 is 0 Å². The molecule has 4 heterocycles. The Kier molecular flexibility index (Phi) is 6.32. The molecule has 2 aromatic heterocycles. The molecule has 0 radical (unpaired) electrons. The predicted octanol–water partition coefficient (Wildman–Crippen LogP) is 2.27. The van der Waals surface area contributed by atoms with E-state index in [1.54, 1.807) is 12.6 Å². The van der Waals surface area contributed by atoms with E-state index in [2.05, 4.69) is 40.9 Å². The quantitative estimate of drug-likeness (QED) is 0.586. The molecule has 1 atom stereocenters. The molecule has 0 aliphatic carbocycles. The maximum Gasteiger partial charge on any atom is 0.245 e. The lowest BCUT2D eigenvalue weighted by molar-refractivity contribution is -0.136. The molecule has 2 amide bonds. The first-order valence-electron chi connectivity index (χ1n) is 11.1. The number of thiazole rings is 1. The average molecular weight is 458 g/mol. The molecule has 10 heteroatoms. The van der Waals surface area contributed by atoms with Crippen LogP contribution in [-0.4, -0.2) is 70.9 Å².